The first-order valence-corrected chi connectivity index (χ1v) is 6.86. The Kier molecular flexibility index (Phi) is 4.63. The second kappa shape index (κ2) is 6.47. The molecule has 0 aliphatic carbocycles. The van der Waals surface area contributed by atoms with Crippen LogP contribution in [-0.2, 0) is 20.9 Å². The quantitative estimate of drug-likeness (QED) is 0.566. The highest BCUT2D eigenvalue weighted by Crippen LogP contribution is 2.19. The Morgan fingerprint density at radius 3 is 2.39 bits per heavy atom. The van der Waals surface area contributed by atoms with Gasteiger partial charge in [0.05, 0.1) is 7.11 Å². The summed E-state index contributed by atoms with van der Waals surface area (Å²) in [5, 5.41) is 0. The average Bonchev–Trinajstić information content (AvgIpc) is 2.73. The highest BCUT2D eigenvalue weighted by molar-refractivity contribution is 6.44. The molecule has 23 heavy (non-hydrogen) atoms. The van der Waals surface area contributed by atoms with Crippen LogP contribution in [0.1, 0.15) is 5.56 Å². The van der Waals surface area contributed by atoms with Crippen molar-refractivity contribution in [2.24, 2.45) is 0 Å². The van der Waals surface area contributed by atoms with Crippen molar-refractivity contribution in [3.63, 3.8) is 0 Å². The van der Waals surface area contributed by atoms with Gasteiger partial charge in [-0.2, -0.15) is 0 Å². The number of carbonyl (C=O) groups is 4. The summed E-state index contributed by atoms with van der Waals surface area (Å²) in [5.41, 5.74) is 0.790. The molecule has 0 atom stereocenters. The van der Waals surface area contributed by atoms with Crippen molar-refractivity contribution in [1.29, 1.82) is 0 Å². The van der Waals surface area contributed by atoms with Gasteiger partial charge in [-0.3, -0.25) is 19.3 Å². The lowest BCUT2D eigenvalue weighted by Gasteiger charge is -2.21. The first kappa shape index (κ1) is 16.5. The normalized spacial score (nSPS) is 14.5. The minimum atomic E-state index is -0.989. The van der Waals surface area contributed by atoms with E-state index in [1.807, 2.05) is 18.2 Å². The SMILES string of the molecule is COc1ccccc1CN(C)C(=O)CN1C(=O)C(=O)N(C)C1=O. The molecular formula is C15H17N3O5. The van der Waals surface area contributed by atoms with Crippen molar-refractivity contribution >= 4 is 23.8 Å². The van der Waals surface area contributed by atoms with Gasteiger partial charge in [-0.05, 0) is 6.07 Å². The molecule has 0 bridgehead atoms. The third-order valence-electron chi connectivity index (χ3n) is 3.57. The first-order valence-electron chi connectivity index (χ1n) is 6.86. The van der Waals surface area contributed by atoms with Crippen LogP contribution in [0.5, 0.6) is 5.75 Å². The van der Waals surface area contributed by atoms with Crippen LogP contribution >= 0.6 is 0 Å². The summed E-state index contributed by atoms with van der Waals surface area (Å²) in [4.78, 5) is 49.8. The molecule has 1 aliphatic heterocycles. The maximum absolute atomic E-state index is 12.2. The van der Waals surface area contributed by atoms with Gasteiger partial charge in [0.1, 0.15) is 12.3 Å². The number of carbonyl (C=O) groups excluding carboxylic acids is 4. The number of nitrogens with zero attached hydrogens (tertiary/aromatic N) is 3. The minimum absolute atomic E-state index is 0.253. The molecular weight excluding hydrogens is 302 g/mol. The summed E-state index contributed by atoms with van der Waals surface area (Å²) in [6, 6.07) is 6.42. The molecule has 122 valence electrons. The van der Waals surface area contributed by atoms with Gasteiger partial charge in [0.15, 0.2) is 0 Å². The standard InChI is InChI=1S/C15H17N3O5/c1-16(8-10-6-4-5-7-11(10)23-3)12(19)9-18-14(21)13(20)17(2)15(18)22/h4-7H,8-9H2,1-3H3. The van der Waals surface area contributed by atoms with Crippen molar-refractivity contribution in [3.05, 3.63) is 29.8 Å². The molecule has 1 aromatic carbocycles. The second-order valence-corrected chi connectivity index (χ2v) is 5.10. The number of imide groups is 2. The van der Waals surface area contributed by atoms with Crippen LogP contribution in [0.3, 0.4) is 0 Å². The Morgan fingerprint density at radius 2 is 1.83 bits per heavy atom. The molecule has 0 unspecified atom stereocenters. The fourth-order valence-electron chi connectivity index (χ4n) is 2.19. The maximum Gasteiger partial charge on any atom is 0.334 e. The van der Waals surface area contributed by atoms with Crippen LogP contribution in [0, 0.1) is 0 Å². The number of hydrogen-bond donors (Lipinski definition) is 0. The van der Waals surface area contributed by atoms with E-state index in [4.69, 9.17) is 4.74 Å². The molecule has 1 fully saturated rings. The van der Waals surface area contributed by atoms with Gasteiger partial charge < -0.3 is 9.64 Å². The van der Waals surface area contributed by atoms with E-state index in [1.165, 1.54) is 19.1 Å². The minimum Gasteiger partial charge on any atom is -0.496 e. The van der Waals surface area contributed by atoms with E-state index in [0.717, 1.165) is 5.56 Å². The number of para-hydroxylation sites is 1. The zero-order chi connectivity index (χ0) is 17.1. The summed E-state index contributed by atoms with van der Waals surface area (Å²) in [6.45, 7) is -0.220. The predicted molar refractivity (Wildman–Crippen MR) is 79.3 cm³/mol. The number of benzene rings is 1. The highest BCUT2D eigenvalue weighted by Gasteiger charge is 2.43. The molecule has 8 heteroatoms. The van der Waals surface area contributed by atoms with Crippen LogP contribution < -0.4 is 4.74 Å². The lowest BCUT2D eigenvalue weighted by molar-refractivity contribution is -0.144. The number of methoxy groups -OCH3 is 1. The average molecular weight is 319 g/mol. The van der Waals surface area contributed by atoms with Crippen molar-refractivity contribution in [2.75, 3.05) is 27.7 Å². The fourth-order valence-corrected chi connectivity index (χ4v) is 2.19. The van der Waals surface area contributed by atoms with Gasteiger partial charge in [0.2, 0.25) is 5.91 Å². The smallest absolute Gasteiger partial charge is 0.334 e. The molecule has 1 aliphatic rings. The Labute approximate surface area is 133 Å². The summed E-state index contributed by atoms with van der Waals surface area (Å²) in [5.74, 6) is -1.75. The van der Waals surface area contributed by atoms with Crippen molar-refractivity contribution in [3.8, 4) is 5.75 Å². The molecule has 1 heterocycles. The number of ether oxygens (including phenoxy) is 1. The summed E-state index contributed by atoms with van der Waals surface area (Å²) in [6.07, 6.45) is 0. The van der Waals surface area contributed by atoms with E-state index in [2.05, 4.69) is 0 Å². The summed E-state index contributed by atoms with van der Waals surface area (Å²) < 4.78 is 5.21. The third-order valence-corrected chi connectivity index (χ3v) is 3.57. The number of likely N-dealkylation sites (N-methyl/N-ethyl adjacent to an activating group) is 2. The lowest BCUT2D eigenvalue weighted by Crippen LogP contribution is -2.41. The monoisotopic (exact) mass is 319 g/mol. The van der Waals surface area contributed by atoms with Gasteiger partial charge >= 0.3 is 17.8 Å². The van der Waals surface area contributed by atoms with Crippen molar-refractivity contribution < 1.29 is 23.9 Å². The van der Waals surface area contributed by atoms with Gasteiger partial charge in [0.25, 0.3) is 0 Å². The molecule has 0 saturated carbocycles. The van der Waals surface area contributed by atoms with Crippen LogP contribution in [0.15, 0.2) is 24.3 Å². The number of urea groups is 1. The maximum atomic E-state index is 12.2. The van der Waals surface area contributed by atoms with Gasteiger partial charge in [-0.1, -0.05) is 18.2 Å². The Bertz CT molecular complexity index is 673. The topological polar surface area (TPSA) is 87.2 Å². The largest absolute Gasteiger partial charge is 0.496 e. The van der Waals surface area contributed by atoms with Crippen LogP contribution in [0.4, 0.5) is 4.79 Å². The molecule has 2 rings (SSSR count). The predicted octanol–water partition coefficient (Wildman–Crippen LogP) is 0.0742. The van der Waals surface area contributed by atoms with E-state index < -0.39 is 30.3 Å². The molecule has 1 aromatic rings. The zero-order valence-electron chi connectivity index (χ0n) is 13.1. The molecule has 0 spiro atoms. The number of amides is 5. The van der Waals surface area contributed by atoms with Crippen LogP contribution in [0.2, 0.25) is 0 Å². The Balaban J connectivity index is 2.05. The van der Waals surface area contributed by atoms with E-state index in [-0.39, 0.29) is 6.54 Å². The molecule has 0 radical (unpaired) electrons. The fraction of sp³-hybridized carbons (Fsp3) is 0.333. The zero-order valence-corrected chi connectivity index (χ0v) is 13.1. The number of rotatable bonds is 5. The molecule has 0 aromatic heterocycles. The third kappa shape index (κ3) is 3.15. The van der Waals surface area contributed by atoms with Crippen molar-refractivity contribution in [2.45, 2.75) is 6.54 Å². The van der Waals surface area contributed by atoms with Gasteiger partial charge in [-0.15, -0.1) is 0 Å². The number of hydrogen-bond acceptors (Lipinski definition) is 5. The first-order chi connectivity index (χ1) is 10.9. The summed E-state index contributed by atoms with van der Waals surface area (Å²) >= 11 is 0. The molecule has 8 nitrogen and oxygen atoms in total. The second-order valence-electron chi connectivity index (χ2n) is 5.10. The molecule has 5 amide bonds. The van der Waals surface area contributed by atoms with E-state index in [0.29, 0.717) is 15.5 Å². The van der Waals surface area contributed by atoms with Crippen LogP contribution in [-0.4, -0.2) is 66.2 Å². The van der Waals surface area contributed by atoms with Gasteiger partial charge in [0, 0.05) is 26.2 Å². The van der Waals surface area contributed by atoms with E-state index >= 15 is 0 Å². The van der Waals surface area contributed by atoms with E-state index in [9.17, 15) is 19.2 Å². The molecule has 0 N–H and O–H groups in total. The summed E-state index contributed by atoms with van der Waals surface area (Å²) in [7, 11) is 4.28. The van der Waals surface area contributed by atoms with E-state index in [1.54, 1.807) is 13.1 Å². The Hall–Kier alpha value is -2.90. The van der Waals surface area contributed by atoms with Crippen molar-refractivity contribution in [1.82, 2.24) is 14.7 Å². The van der Waals surface area contributed by atoms with Crippen LogP contribution in [0.25, 0.3) is 0 Å². The lowest BCUT2D eigenvalue weighted by atomic mass is 10.2. The highest BCUT2D eigenvalue weighted by atomic mass is 16.5. The Morgan fingerprint density at radius 1 is 1.17 bits per heavy atom. The molecule has 1 saturated heterocycles. The van der Waals surface area contributed by atoms with Gasteiger partial charge in [-0.25, -0.2) is 9.69 Å².